The topological polar surface area (TPSA) is 49.9 Å². The van der Waals surface area contributed by atoms with Crippen LogP contribution in [0, 0.1) is 5.92 Å². The minimum absolute atomic E-state index is 0.0878. The van der Waals surface area contributed by atoms with Crippen LogP contribution < -0.4 is 0 Å². The van der Waals surface area contributed by atoms with Crippen molar-refractivity contribution in [2.24, 2.45) is 5.92 Å². The van der Waals surface area contributed by atoms with E-state index < -0.39 is 0 Å². The molecule has 3 aliphatic rings. The fourth-order valence-corrected chi connectivity index (χ4v) is 5.04. The van der Waals surface area contributed by atoms with Gasteiger partial charge in [0.05, 0.1) is 18.5 Å². The second-order valence-corrected chi connectivity index (χ2v) is 8.10. The molecule has 2 amide bonds. The van der Waals surface area contributed by atoms with E-state index in [4.69, 9.17) is 4.74 Å². The van der Waals surface area contributed by atoms with E-state index in [0.717, 1.165) is 50.4 Å². The predicted molar refractivity (Wildman–Crippen MR) is 91.8 cm³/mol. The summed E-state index contributed by atoms with van der Waals surface area (Å²) in [6.07, 6.45) is 3.99. The lowest BCUT2D eigenvalue weighted by molar-refractivity contribution is -0.131. The van der Waals surface area contributed by atoms with Crippen LogP contribution in [0.2, 0.25) is 0 Å². The number of thiophene rings is 1. The Hall–Kier alpha value is -1.40. The highest BCUT2D eigenvalue weighted by Gasteiger charge is 2.48. The minimum atomic E-state index is 0.0878. The Labute approximate surface area is 146 Å². The normalized spacial score (nSPS) is 27.8. The van der Waals surface area contributed by atoms with Gasteiger partial charge in [-0.05, 0) is 36.6 Å². The lowest BCUT2D eigenvalue weighted by atomic mass is 9.99. The standard InChI is InChI=1S/C18H24N2O3S/c21-17(10-14-2-1-9-24-14)19-6-3-15-16(19)11-18(22)20(15)12-13-4-7-23-8-5-13/h1-2,9,13,15-16H,3-8,10-12H2/t15-,16+/m1/s1. The van der Waals surface area contributed by atoms with Crippen LogP contribution in [-0.4, -0.2) is 60.0 Å². The number of likely N-dealkylation sites (tertiary alicyclic amines) is 2. The Morgan fingerprint density at radius 3 is 2.83 bits per heavy atom. The zero-order valence-corrected chi connectivity index (χ0v) is 14.7. The smallest absolute Gasteiger partial charge is 0.228 e. The molecule has 3 fully saturated rings. The van der Waals surface area contributed by atoms with Gasteiger partial charge in [-0.3, -0.25) is 9.59 Å². The van der Waals surface area contributed by atoms with Gasteiger partial charge in [0.25, 0.3) is 0 Å². The molecule has 24 heavy (non-hydrogen) atoms. The van der Waals surface area contributed by atoms with Gasteiger partial charge in [-0.2, -0.15) is 0 Å². The van der Waals surface area contributed by atoms with Gasteiger partial charge in [0, 0.05) is 37.6 Å². The summed E-state index contributed by atoms with van der Waals surface area (Å²) in [4.78, 5) is 30.3. The van der Waals surface area contributed by atoms with E-state index in [0.29, 0.717) is 18.8 Å². The highest BCUT2D eigenvalue weighted by molar-refractivity contribution is 7.10. The van der Waals surface area contributed by atoms with Crippen LogP contribution in [-0.2, 0) is 20.7 Å². The van der Waals surface area contributed by atoms with E-state index in [1.165, 1.54) is 0 Å². The van der Waals surface area contributed by atoms with E-state index in [1.807, 2.05) is 22.4 Å². The molecule has 3 saturated heterocycles. The van der Waals surface area contributed by atoms with Crippen LogP contribution in [0.5, 0.6) is 0 Å². The fraction of sp³-hybridized carbons (Fsp3) is 0.667. The first-order chi connectivity index (χ1) is 11.7. The summed E-state index contributed by atoms with van der Waals surface area (Å²) in [5.41, 5.74) is 0. The summed E-state index contributed by atoms with van der Waals surface area (Å²) in [7, 11) is 0. The van der Waals surface area contributed by atoms with Gasteiger partial charge in [0.1, 0.15) is 0 Å². The van der Waals surface area contributed by atoms with Crippen molar-refractivity contribution in [1.29, 1.82) is 0 Å². The molecule has 6 heteroatoms. The maximum Gasteiger partial charge on any atom is 0.228 e. The number of carbonyl (C=O) groups excluding carboxylic acids is 2. The molecule has 3 aliphatic heterocycles. The Balaban J connectivity index is 1.40. The van der Waals surface area contributed by atoms with Crippen molar-refractivity contribution < 1.29 is 14.3 Å². The lowest BCUT2D eigenvalue weighted by Crippen LogP contribution is -2.42. The molecule has 0 saturated carbocycles. The highest BCUT2D eigenvalue weighted by Crippen LogP contribution is 2.34. The second kappa shape index (κ2) is 6.84. The van der Waals surface area contributed by atoms with Crippen LogP contribution >= 0.6 is 11.3 Å². The molecule has 5 nitrogen and oxygen atoms in total. The summed E-state index contributed by atoms with van der Waals surface area (Å²) < 4.78 is 5.42. The molecule has 0 unspecified atom stereocenters. The van der Waals surface area contributed by atoms with Crippen LogP contribution in [0.25, 0.3) is 0 Å². The molecule has 1 aromatic heterocycles. The van der Waals surface area contributed by atoms with Gasteiger partial charge in [0.15, 0.2) is 0 Å². The summed E-state index contributed by atoms with van der Waals surface area (Å²) >= 11 is 1.62. The summed E-state index contributed by atoms with van der Waals surface area (Å²) in [5, 5.41) is 2.00. The summed E-state index contributed by atoms with van der Waals surface area (Å²) in [5.74, 6) is 0.952. The van der Waals surface area contributed by atoms with Crippen molar-refractivity contribution in [3.05, 3.63) is 22.4 Å². The van der Waals surface area contributed by atoms with Crippen LogP contribution in [0.3, 0.4) is 0 Å². The SMILES string of the molecule is O=C1C[C@H]2[C@@H](CCN2C(=O)Cc2cccs2)N1CC1CCOCC1. The Kier molecular flexibility index (Phi) is 4.59. The predicted octanol–water partition coefficient (Wildman–Crippen LogP) is 1.92. The van der Waals surface area contributed by atoms with Crippen molar-refractivity contribution in [2.45, 2.75) is 44.2 Å². The third-order valence-corrected chi connectivity index (χ3v) is 6.51. The van der Waals surface area contributed by atoms with E-state index in [2.05, 4.69) is 4.90 Å². The van der Waals surface area contributed by atoms with E-state index in [1.54, 1.807) is 11.3 Å². The molecule has 0 radical (unpaired) electrons. The van der Waals surface area contributed by atoms with Crippen molar-refractivity contribution in [3.63, 3.8) is 0 Å². The summed E-state index contributed by atoms with van der Waals surface area (Å²) in [6.45, 7) is 3.26. The van der Waals surface area contributed by atoms with Gasteiger partial charge < -0.3 is 14.5 Å². The molecule has 1 aromatic rings. The molecule has 0 aliphatic carbocycles. The zero-order chi connectivity index (χ0) is 16.5. The first kappa shape index (κ1) is 16.1. The first-order valence-corrected chi connectivity index (χ1v) is 9.79. The quantitative estimate of drug-likeness (QED) is 0.835. The average molecular weight is 348 g/mol. The van der Waals surface area contributed by atoms with Crippen LogP contribution in [0.4, 0.5) is 0 Å². The molecule has 0 N–H and O–H groups in total. The van der Waals surface area contributed by atoms with Crippen molar-refractivity contribution in [2.75, 3.05) is 26.3 Å². The number of carbonyl (C=O) groups is 2. The number of amides is 2. The highest BCUT2D eigenvalue weighted by atomic mass is 32.1. The summed E-state index contributed by atoms with van der Waals surface area (Å²) in [6, 6.07) is 4.31. The van der Waals surface area contributed by atoms with Crippen molar-refractivity contribution in [1.82, 2.24) is 9.80 Å². The van der Waals surface area contributed by atoms with Gasteiger partial charge in [-0.1, -0.05) is 6.07 Å². The number of fused-ring (bicyclic) bond motifs is 1. The zero-order valence-electron chi connectivity index (χ0n) is 13.9. The molecular formula is C18H24N2O3S. The van der Waals surface area contributed by atoms with Crippen LogP contribution in [0.1, 0.15) is 30.6 Å². The van der Waals surface area contributed by atoms with Gasteiger partial charge in [-0.15, -0.1) is 11.3 Å². The number of rotatable bonds is 4. The van der Waals surface area contributed by atoms with Crippen LogP contribution in [0.15, 0.2) is 17.5 Å². The molecule has 0 spiro atoms. The maximum atomic E-state index is 12.6. The minimum Gasteiger partial charge on any atom is -0.381 e. The molecule has 130 valence electrons. The maximum absolute atomic E-state index is 12.6. The Morgan fingerprint density at radius 2 is 2.08 bits per heavy atom. The average Bonchev–Trinajstić information content (AvgIpc) is 3.28. The lowest BCUT2D eigenvalue weighted by Gasteiger charge is -2.30. The van der Waals surface area contributed by atoms with E-state index in [9.17, 15) is 9.59 Å². The second-order valence-electron chi connectivity index (χ2n) is 7.07. The van der Waals surface area contributed by atoms with Gasteiger partial charge >= 0.3 is 0 Å². The van der Waals surface area contributed by atoms with Gasteiger partial charge in [-0.25, -0.2) is 0 Å². The number of hydrogen-bond acceptors (Lipinski definition) is 4. The third kappa shape index (κ3) is 3.09. The largest absolute Gasteiger partial charge is 0.381 e. The first-order valence-electron chi connectivity index (χ1n) is 8.91. The Bertz CT molecular complexity index is 597. The molecule has 4 heterocycles. The molecule has 0 bridgehead atoms. The number of ether oxygens (including phenoxy) is 1. The third-order valence-electron chi connectivity index (χ3n) is 5.64. The molecule has 2 atom stereocenters. The molecule has 0 aromatic carbocycles. The van der Waals surface area contributed by atoms with E-state index >= 15 is 0 Å². The van der Waals surface area contributed by atoms with Gasteiger partial charge in [0.2, 0.25) is 11.8 Å². The Morgan fingerprint density at radius 1 is 1.25 bits per heavy atom. The van der Waals surface area contributed by atoms with E-state index in [-0.39, 0.29) is 23.9 Å². The monoisotopic (exact) mass is 348 g/mol. The molecular weight excluding hydrogens is 324 g/mol. The number of hydrogen-bond donors (Lipinski definition) is 0. The fourth-order valence-electron chi connectivity index (χ4n) is 4.35. The van der Waals surface area contributed by atoms with Crippen molar-refractivity contribution in [3.8, 4) is 0 Å². The molecule has 4 rings (SSSR count). The number of nitrogens with zero attached hydrogens (tertiary/aromatic N) is 2. The van der Waals surface area contributed by atoms with Crippen molar-refractivity contribution >= 4 is 23.2 Å².